The summed E-state index contributed by atoms with van der Waals surface area (Å²) in [6.07, 6.45) is 2.38. The van der Waals surface area contributed by atoms with Gasteiger partial charge in [-0.25, -0.2) is 0 Å². The molecule has 1 atom stereocenters. The summed E-state index contributed by atoms with van der Waals surface area (Å²) < 4.78 is 0. The summed E-state index contributed by atoms with van der Waals surface area (Å²) in [6.45, 7) is 3.21. The number of hydrogen-bond donors (Lipinski definition) is 1. The second kappa shape index (κ2) is 4.11. The number of hydrogen-bond acceptors (Lipinski definition) is 2. The Labute approximate surface area is 100.0 Å². The minimum absolute atomic E-state index is 0.503. The van der Waals surface area contributed by atoms with Crippen LogP contribution < -0.4 is 10.6 Å². The highest BCUT2D eigenvalue weighted by atomic mass is 35.5. The number of benzene rings is 1. The highest BCUT2D eigenvalue weighted by Crippen LogP contribution is 2.39. The lowest BCUT2D eigenvalue weighted by Crippen LogP contribution is -2.26. The van der Waals surface area contributed by atoms with E-state index < -0.39 is 0 Å². The van der Waals surface area contributed by atoms with Gasteiger partial charge in [0.15, 0.2) is 0 Å². The maximum absolute atomic E-state index is 6.17. The molecule has 1 heterocycles. The Morgan fingerprint density at radius 1 is 1.33 bits per heavy atom. The molecular formula is C11H14Cl2N2. The summed E-state index contributed by atoms with van der Waals surface area (Å²) >= 11 is 12.3. The van der Waals surface area contributed by atoms with Gasteiger partial charge < -0.3 is 10.6 Å². The largest absolute Gasteiger partial charge is 0.399 e. The van der Waals surface area contributed by atoms with Gasteiger partial charge in [-0.1, -0.05) is 23.2 Å². The van der Waals surface area contributed by atoms with Crippen molar-refractivity contribution >= 4 is 34.6 Å². The summed E-state index contributed by atoms with van der Waals surface area (Å²) in [5, 5.41) is 1.29. The molecule has 0 aromatic heterocycles. The van der Waals surface area contributed by atoms with Gasteiger partial charge in [-0.05, 0) is 31.9 Å². The Morgan fingerprint density at radius 3 is 2.40 bits per heavy atom. The first kappa shape index (κ1) is 10.9. The molecule has 1 saturated heterocycles. The molecule has 1 aromatic rings. The van der Waals surface area contributed by atoms with Crippen molar-refractivity contribution < 1.29 is 0 Å². The third-order valence-corrected chi connectivity index (χ3v) is 3.46. The predicted molar refractivity (Wildman–Crippen MR) is 66.9 cm³/mol. The molecule has 2 rings (SSSR count). The molecule has 0 amide bonds. The van der Waals surface area contributed by atoms with Crippen LogP contribution in [0.3, 0.4) is 0 Å². The molecule has 15 heavy (non-hydrogen) atoms. The maximum atomic E-state index is 6.17. The van der Waals surface area contributed by atoms with Crippen molar-refractivity contribution in [3.63, 3.8) is 0 Å². The molecule has 0 spiro atoms. The van der Waals surface area contributed by atoms with Crippen LogP contribution in [0.5, 0.6) is 0 Å². The zero-order chi connectivity index (χ0) is 11.0. The molecule has 1 fully saturated rings. The van der Waals surface area contributed by atoms with E-state index in [1.54, 1.807) is 12.1 Å². The second-order valence-corrected chi connectivity index (χ2v) is 4.83. The van der Waals surface area contributed by atoms with E-state index in [9.17, 15) is 0 Å². The van der Waals surface area contributed by atoms with Crippen molar-refractivity contribution in [2.45, 2.75) is 25.8 Å². The van der Waals surface area contributed by atoms with Gasteiger partial charge in [-0.15, -0.1) is 0 Å². The summed E-state index contributed by atoms with van der Waals surface area (Å²) in [6, 6.07) is 4.02. The predicted octanol–water partition coefficient (Wildman–Crippen LogP) is 3.56. The van der Waals surface area contributed by atoms with Gasteiger partial charge in [0.2, 0.25) is 0 Å². The number of rotatable bonds is 1. The molecule has 1 aliphatic heterocycles. The van der Waals surface area contributed by atoms with Crippen molar-refractivity contribution in [1.29, 1.82) is 0 Å². The van der Waals surface area contributed by atoms with Crippen molar-refractivity contribution in [3.05, 3.63) is 22.2 Å². The lowest BCUT2D eigenvalue weighted by atomic mass is 10.2. The van der Waals surface area contributed by atoms with E-state index in [1.165, 1.54) is 12.8 Å². The van der Waals surface area contributed by atoms with Gasteiger partial charge in [-0.2, -0.15) is 0 Å². The lowest BCUT2D eigenvalue weighted by Gasteiger charge is -2.26. The Bertz CT molecular complexity index is 356. The number of nitrogen functional groups attached to an aromatic ring is 1. The molecule has 4 heteroatoms. The van der Waals surface area contributed by atoms with E-state index in [0.29, 0.717) is 21.8 Å². The van der Waals surface area contributed by atoms with Crippen molar-refractivity contribution in [2.24, 2.45) is 0 Å². The van der Waals surface area contributed by atoms with Crippen LogP contribution in [0.15, 0.2) is 12.1 Å². The third kappa shape index (κ3) is 2.01. The van der Waals surface area contributed by atoms with Gasteiger partial charge in [0, 0.05) is 18.3 Å². The minimum atomic E-state index is 0.503. The number of nitrogens with zero attached hydrogens (tertiary/aromatic N) is 1. The van der Waals surface area contributed by atoms with Crippen molar-refractivity contribution in [2.75, 3.05) is 17.2 Å². The Kier molecular flexibility index (Phi) is 2.98. The monoisotopic (exact) mass is 244 g/mol. The van der Waals surface area contributed by atoms with Gasteiger partial charge in [0.1, 0.15) is 0 Å². The molecule has 1 unspecified atom stereocenters. The first-order valence-electron chi connectivity index (χ1n) is 5.10. The van der Waals surface area contributed by atoms with Crippen LogP contribution in [-0.2, 0) is 0 Å². The van der Waals surface area contributed by atoms with Crippen LogP contribution in [0.1, 0.15) is 19.8 Å². The molecule has 1 aliphatic rings. The average molecular weight is 245 g/mol. The summed E-state index contributed by atoms with van der Waals surface area (Å²) in [5.41, 5.74) is 7.21. The highest BCUT2D eigenvalue weighted by Gasteiger charge is 2.24. The van der Waals surface area contributed by atoms with E-state index in [0.717, 1.165) is 12.2 Å². The Hall–Kier alpha value is -0.600. The van der Waals surface area contributed by atoms with Gasteiger partial charge in [0.05, 0.1) is 15.7 Å². The van der Waals surface area contributed by atoms with Crippen LogP contribution in [0.25, 0.3) is 0 Å². The smallest absolute Gasteiger partial charge is 0.0748 e. The van der Waals surface area contributed by atoms with Gasteiger partial charge in [0.25, 0.3) is 0 Å². The maximum Gasteiger partial charge on any atom is 0.0748 e. The number of anilines is 2. The van der Waals surface area contributed by atoms with Gasteiger partial charge in [-0.3, -0.25) is 0 Å². The highest BCUT2D eigenvalue weighted by molar-refractivity contribution is 6.39. The van der Waals surface area contributed by atoms with E-state index >= 15 is 0 Å². The number of halogens is 2. The first-order valence-corrected chi connectivity index (χ1v) is 5.86. The van der Waals surface area contributed by atoms with Crippen LogP contribution in [0, 0.1) is 0 Å². The van der Waals surface area contributed by atoms with Crippen LogP contribution in [-0.4, -0.2) is 12.6 Å². The summed E-state index contributed by atoms with van der Waals surface area (Å²) in [5.74, 6) is 0. The molecule has 0 radical (unpaired) electrons. The normalized spacial score (nSPS) is 21.0. The van der Waals surface area contributed by atoms with E-state index in [-0.39, 0.29) is 0 Å². The standard InChI is InChI=1S/C11H14Cl2N2/c1-7-3-2-4-15(7)11-9(12)5-8(14)6-10(11)13/h5-7H,2-4,14H2,1H3. The van der Waals surface area contributed by atoms with Gasteiger partial charge >= 0.3 is 0 Å². The molecule has 0 aliphatic carbocycles. The lowest BCUT2D eigenvalue weighted by molar-refractivity contribution is 0.735. The van der Waals surface area contributed by atoms with Crippen molar-refractivity contribution in [3.8, 4) is 0 Å². The summed E-state index contributed by atoms with van der Waals surface area (Å²) in [4.78, 5) is 2.25. The quantitative estimate of drug-likeness (QED) is 0.766. The fourth-order valence-corrected chi connectivity index (χ4v) is 2.85. The first-order chi connectivity index (χ1) is 7.09. The molecule has 0 bridgehead atoms. The Balaban J connectivity index is 2.43. The number of nitrogens with two attached hydrogens (primary N) is 1. The van der Waals surface area contributed by atoms with Crippen LogP contribution in [0.4, 0.5) is 11.4 Å². The molecule has 2 N–H and O–H groups in total. The zero-order valence-electron chi connectivity index (χ0n) is 8.63. The van der Waals surface area contributed by atoms with Crippen molar-refractivity contribution in [1.82, 2.24) is 0 Å². The zero-order valence-corrected chi connectivity index (χ0v) is 10.1. The fraction of sp³-hybridized carbons (Fsp3) is 0.455. The van der Waals surface area contributed by atoms with Crippen LogP contribution >= 0.6 is 23.2 Å². The average Bonchev–Trinajstić information content (AvgIpc) is 2.50. The van der Waals surface area contributed by atoms with E-state index in [2.05, 4.69) is 11.8 Å². The van der Waals surface area contributed by atoms with E-state index in [4.69, 9.17) is 28.9 Å². The van der Waals surface area contributed by atoms with Crippen LogP contribution in [0.2, 0.25) is 10.0 Å². The molecule has 1 aromatic carbocycles. The molecular weight excluding hydrogens is 231 g/mol. The van der Waals surface area contributed by atoms with E-state index in [1.807, 2.05) is 0 Å². The SMILES string of the molecule is CC1CCCN1c1c(Cl)cc(N)cc1Cl. The second-order valence-electron chi connectivity index (χ2n) is 4.02. The molecule has 2 nitrogen and oxygen atoms in total. The third-order valence-electron chi connectivity index (χ3n) is 2.88. The minimum Gasteiger partial charge on any atom is -0.399 e. The molecule has 82 valence electrons. The molecule has 0 saturated carbocycles. The summed E-state index contributed by atoms with van der Waals surface area (Å²) in [7, 11) is 0. The Morgan fingerprint density at radius 2 is 1.93 bits per heavy atom. The fourth-order valence-electron chi connectivity index (χ4n) is 2.12. The topological polar surface area (TPSA) is 29.3 Å².